The zero-order valence-electron chi connectivity index (χ0n) is 8.93. The number of hydrogen-bond acceptors (Lipinski definition) is 0. The van der Waals surface area contributed by atoms with E-state index in [0.29, 0.717) is 0 Å². The quantitative estimate of drug-likeness (QED) is 0.644. The molecule has 1 aliphatic carbocycles. The number of rotatable bonds is 1. The van der Waals surface area contributed by atoms with Crippen LogP contribution in [-0.2, 0) is 0 Å². The van der Waals surface area contributed by atoms with Crippen molar-refractivity contribution in [3.05, 3.63) is 42.3 Å². The molecule has 0 saturated carbocycles. The fourth-order valence-electron chi connectivity index (χ4n) is 2.29. The molecule has 0 atom stereocenters. The Bertz CT molecular complexity index is 366. The monoisotopic (exact) mass is 187 g/mol. The molecule has 0 unspecified atom stereocenters. The SMILES string of the molecule is C=C1CC=C(c2ccc[nH]2)C(C)(C)C1. The van der Waals surface area contributed by atoms with Gasteiger partial charge < -0.3 is 4.98 Å². The van der Waals surface area contributed by atoms with Gasteiger partial charge in [0.2, 0.25) is 0 Å². The summed E-state index contributed by atoms with van der Waals surface area (Å²) in [6.07, 6.45) is 6.41. The Labute approximate surface area is 85.5 Å². The molecule has 14 heavy (non-hydrogen) atoms. The Kier molecular flexibility index (Phi) is 2.10. The highest BCUT2D eigenvalue weighted by Crippen LogP contribution is 2.43. The van der Waals surface area contributed by atoms with E-state index in [0.717, 1.165) is 12.8 Å². The highest BCUT2D eigenvalue weighted by Gasteiger charge is 2.28. The zero-order valence-corrected chi connectivity index (χ0v) is 8.93. The predicted molar refractivity (Wildman–Crippen MR) is 60.9 cm³/mol. The molecule has 1 N–H and O–H groups in total. The Hall–Kier alpha value is -1.24. The van der Waals surface area contributed by atoms with E-state index in [4.69, 9.17) is 0 Å². The Balaban J connectivity index is 2.39. The van der Waals surface area contributed by atoms with Gasteiger partial charge >= 0.3 is 0 Å². The van der Waals surface area contributed by atoms with E-state index in [1.165, 1.54) is 16.8 Å². The van der Waals surface area contributed by atoms with Crippen molar-refractivity contribution in [2.24, 2.45) is 5.41 Å². The fourth-order valence-corrected chi connectivity index (χ4v) is 2.29. The molecule has 1 nitrogen and oxygen atoms in total. The molecule has 74 valence electrons. The van der Waals surface area contributed by atoms with Gasteiger partial charge in [-0.2, -0.15) is 0 Å². The van der Waals surface area contributed by atoms with Gasteiger partial charge in [-0.05, 0) is 36.0 Å². The number of allylic oxidation sites excluding steroid dienone is 3. The lowest BCUT2D eigenvalue weighted by Crippen LogP contribution is -2.18. The lowest BCUT2D eigenvalue weighted by molar-refractivity contribution is 0.479. The smallest absolute Gasteiger partial charge is 0.0415 e. The Morgan fingerprint density at radius 1 is 1.43 bits per heavy atom. The van der Waals surface area contributed by atoms with E-state index in [2.05, 4.69) is 43.6 Å². The minimum atomic E-state index is 0.222. The maximum Gasteiger partial charge on any atom is 0.0415 e. The molecule has 0 fully saturated rings. The van der Waals surface area contributed by atoms with E-state index >= 15 is 0 Å². The van der Waals surface area contributed by atoms with Crippen molar-refractivity contribution in [1.29, 1.82) is 0 Å². The fraction of sp³-hybridized carbons (Fsp3) is 0.385. The highest BCUT2D eigenvalue weighted by atomic mass is 14.7. The molecule has 2 rings (SSSR count). The standard InChI is InChI=1S/C13H17N/c1-10-6-7-11(13(2,3)9-10)12-5-4-8-14-12/h4-5,7-8,14H,1,6,9H2,2-3H3. The normalized spacial score (nSPS) is 20.7. The summed E-state index contributed by atoms with van der Waals surface area (Å²) < 4.78 is 0. The lowest BCUT2D eigenvalue weighted by atomic mass is 9.73. The molecule has 0 saturated heterocycles. The van der Waals surface area contributed by atoms with Gasteiger partial charge in [0.15, 0.2) is 0 Å². The molecule has 1 heteroatoms. The summed E-state index contributed by atoms with van der Waals surface area (Å²) in [5.41, 5.74) is 4.24. The first kappa shape index (κ1) is 9.32. The van der Waals surface area contributed by atoms with Gasteiger partial charge in [0.25, 0.3) is 0 Å². The largest absolute Gasteiger partial charge is 0.361 e. The van der Waals surface area contributed by atoms with Gasteiger partial charge in [0.05, 0.1) is 0 Å². The Morgan fingerprint density at radius 3 is 2.79 bits per heavy atom. The minimum absolute atomic E-state index is 0.222. The van der Waals surface area contributed by atoms with Crippen LogP contribution in [0.2, 0.25) is 0 Å². The van der Waals surface area contributed by atoms with Crippen LogP contribution in [0.3, 0.4) is 0 Å². The maximum atomic E-state index is 4.07. The summed E-state index contributed by atoms with van der Waals surface area (Å²) in [6.45, 7) is 8.63. The summed E-state index contributed by atoms with van der Waals surface area (Å²) in [5, 5.41) is 0. The van der Waals surface area contributed by atoms with Crippen molar-refractivity contribution >= 4 is 5.57 Å². The van der Waals surface area contributed by atoms with Gasteiger partial charge in [-0.15, -0.1) is 0 Å². The van der Waals surface area contributed by atoms with Crippen molar-refractivity contribution < 1.29 is 0 Å². The number of nitrogens with one attached hydrogen (secondary N) is 1. The van der Waals surface area contributed by atoms with Gasteiger partial charge in [-0.25, -0.2) is 0 Å². The molecule has 1 aromatic rings. The van der Waals surface area contributed by atoms with Gasteiger partial charge in [-0.1, -0.05) is 32.1 Å². The number of H-pyrrole nitrogens is 1. The first-order valence-corrected chi connectivity index (χ1v) is 5.11. The molecule has 1 heterocycles. The van der Waals surface area contributed by atoms with Crippen LogP contribution < -0.4 is 0 Å². The third kappa shape index (κ3) is 1.54. The zero-order chi connectivity index (χ0) is 10.2. The van der Waals surface area contributed by atoms with Crippen LogP contribution in [0.15, 0.2) is 36.6 Å². The third-order valence-corrected chi connectivity index (χ3v) is 2.90. The predicted octanol–water partition coefficient (Wildman–Crippen LogP) is 3.77. The first-order valence-electron chi connectivity index (χ1n) is 5.11. The van der Waals surface area contributed by atoms with Crippen molar-refractivity contribution in [3.63, 3.8) is 0 Å². The highest BCUT2D eigenvalue weighted by molar-refractivity contribution is 5.69. The molecule has 0 amide bonds. The maximum absolute atomic E-state index is 4.07. The summed E-state index contributed by atoms with van der Waals surface area (Å²) in [6, 6.07) is 4.19. The number of aromatic amines is 1. The molecule has 1 aromatic heterocycles. The van der Waals surface area contributed by atoms with E-state index in [9.17, 15) is 0 Å². The van der Waals surface area contributed by atoms with E-state index in [1.54, 1.807) is 0 Å². The molecule has 0 radical (unpaired) electrons. The van der Waals surface area contributed by atoms with Crippen LogP contribution in [0, 0.1) is 5.41 Å². The van der Waals surface area contributed by atoms with E-state index in [-0.39, 0.29) is 5.41 Å². The average Bonchev–Trinajstić information content (AvgIpc) is 2.54. The average molecular weight is 187 g/mol. The molecular weight excluding hydrogens is 170 g/mol. The number of hydrogen-bond donors (Lipinski definition) is 1. The number of aromatic nitrogens is 1. The summed E-state index contributed by atoms with van der Waals surface area (Å²) in [5.74, 6) is 0. The molecular formula is C13H17N. The second kappa shape index (κ2) is 3.16. The van der Waals surface area contributed by atoms with Crippen molar-refractivity contribution in [1.82, 2.24) is 4.98 Å². The van der Waals surface area contributed by atoms with Gasteiger partial charge in [-0.3, -0.25) is 0 Å². The van der Waals surface area contributed by atoms with Crippen molar-refractivity contribution in [3.8, 4) is 0 Å². The van der Waals surface area contributed by atoms with Crippen LogP contribution in [0.4, 0.5) is 0 Å². The van der Waals surface area contributed by atoms with Crippen LogP contribution in [0.5, 0.6) is 0 Å². The molecule has 1 aliphatic rings. The van der Waals surface area contributed by atoms with Crippen LogP contribution in [0.25, 0.3) is 5.57 Å². The first-order chi connectivity index (χ1) is 6.59. The van der Waals surface area contributed by atoms with Crippen LogP contribution in [-0.4, -0.2) is 4.98 Å². The summed E-state index contributed by atoms with van der Waals surface area (Å²) in [4.78, 5) is 3.28. The van der Waals surface area contributed by atoms with Gasteiger partial charge in [0, 0.05) is 11.9 Å². The Morgan fingerprint density at radius 2 is 2.21 bits per heavy atom. The van der Waals surface area contributed by atoms with E-state index < -0.39 is 0 Å². The second-order valence-electron chi connectivity index (χ2n) is 4.72. The summed E-state index contributed by atoms with van der Waals surface area (Å²) >= 11 is 0. The van der Waals surface area contributed by atoms with E-state index in [1.807, 2.05) is 6.20 Å². The van der Waals surface area contributed by atoms with Crippen LogP contribution >= 0.6 is 0 Å². The second-order valence-corrected chi connectivity index (χ2v) is 4.72. The van der Waals surface area contributed by atoms with Crippen molar-refractivity contribution in [2.45, 2.75) is 26.7 Å². The van der Waals surface area contributed by atoms with Crippen molar-refractivity contribution in [2.75, 3.05) is 0 Å². The topological polar surface area (TPSA) is 15.8 Å². The third-order valence-electron chi connectivity index (χ3n) is 2.90. The lowest BCUT2D eigenvalue weighted by Gasteiger charge is -2.32. The molecule has 0 aromatic carbocycles. The molecule has 0 bridgehead atoms. The minimum Gasteiger partial charge on any atom is -0.361 e. The molecule has 0 aliphatic heterocycles. The van der Waals surface area contributed by atoms with Gasteiger partial charge in [0.1, 0.15) is 0 Å². The molecule has 0 spiro atoms. The van der Waals surface area contributed by atoms with Crippen LogP contribution in [0.1, 0.15) is 32.4 Å². The summed E-state index contributed by atoms with van der Waals surface area (Å²) in [7, 11) is 0.